The number of methoxy groups -OCH3 is 1. The lowest BCUT2D eigenvalue weighted by atomic mass is 10.1. The maximum Gasteiger partial charge on any atom is 0.260 e. The van der Waals surface area contributed by atoms with Crippen molar-refractivity contribution in [2.75, 3.05) is 24.3 Å². The van der Waals surface area contributed by atoms with Crippen molar-refractivity contribution >= 4 is 17.5 Å². The second-order valence-corrected chi connectivity index (χ2v) is 5.73. The second-order valence-electron chi connectivity index (χ2n) is 5.73. The Kier molecular flexibility index (Phi) is 5.94. The summed E-state index contributed by atoms with van der Waals surface area (Å²) < 4.78 is 18.8. The first kappa shape index (κ1) is 18.3. The van der Waals surface area contributed by atoms with Crippen LogP contribution in [-0.4, -0.2) is 29.8 Å². The van der Waals surface area contributed by atoms with Crippen LogP contribution in [0, 0.1) is 5.82 Å². The molecule has 1 heterocycles. The van der Waals surface area contributed by atoms with E-state index in [4.69, 9.17) is 4.74 Å². The maximum atomic E-state index is 13.6. The van der Waals surface area contributed by atoms with Crippen LogP contribution in [-0.2, 0) is 6.42 Å². The summed E-state index contributed by atoms with van der Waals surface area (Å²) in [7, 11) is 1.51. The van der Waals surface area contributed by atoms with Gasteiger partial charge in [-0.2, -0.15) is 0 Å². The van der Waals surface area contributed by atoms with Gasteiger partial charge in [0.2, 0.25) is 0 Å². The first-order valence-corrected chi connectivity index (χ1v) is 8.43. The molecule has 138 valence electrons. The molecule has 0 atom stereocenters. The number of hydrogen-bond donors (Lipinski definition) is 2. The lowest BCUT2D eigenvalue weighted by molar-refractivity contribution is 0.102. The van der Waals surface area contributed by atoms with E-state index in [1.807, 2.05) is 0 Å². The molecule has 7 heteroatoms. The smallest absolute Gasteiger partial charge is 0.260 e. The minimum atomic E-state index is -0.331. The molecule has 2 aromatic carbocycles. The molecule has 27 heavy (non-hydrogen) atoms. The molecule has 0 aliphatic heterocycles. The molecule has 3 rings (SSSR count). The summed E-state index contributed by atoms with van der Waals surface area (Å²) in [6, 6.07) is 16.9. The molecule has 1 amide bonds. The van der Waals surface area contributed by atoms with Gasteiger partial charge in [0.25, 0.3) is 5.91 Å². The largest absolute Gasteiger partial charge is 0.496 e. The van der Waals surface area contributed by atoms with Gasteiger partial charge in [-0.3, -0.25) is 4.79 Å². The number of carbonyl (C=O) groups excluding carboxylic acids is 1. The van der Waals surface area contributed by atoms with Crippen LogP contribution in [0.2, 0.25) is 0 Å². The van der Waals surface area contributed by atoms with Crippen LogP contribution in [0.15, 0.2) is 60.7 Å². The summed E-state index contributed by atoms with van der Waals surface area (Å²) in [5.41, 5.74) is 1.05. The fourth-order valence-electron chi connectivity index (χ4n) is 2.54. The molecule has 0 unspecified atom stereocenters. The van der Waals surface area contributed by atoms with Crippen molar-refractivity contribution in [1.29, 1.82) is 0 Å². The zero-order chi connectivity index (χ0) is 19.1. The molecule has 1 aromatic heterocycles. The van der Waals surface area contributed by atoms with Gasteiger partial charge in [-0.1, -0.05) is 30.3 Å². The summed E-state index contributed by atoms with van der Waals surface area (Å²) in [5.74, 6) is 0.795. The number of benzene rings is 2. The molecule has 0 bridgehead atoms. The third-order valence-corrected chi connectivity index (χ3v) is 3.92. The average molecular weight is 366 g/mol. The summed E-state index contributed by atoms with van der Waals surface area (Å²) in [5, 5.41) is 13.8. The molecule has 3 aromatic rings. The average Bonchev–Trinajstić information content (AvgIpc) is 2.70. The summed E-state index contributed by atoms with van der Waals surface area (Å²) in [4.78, 5) is 12.3. The van der Waals surface area contributed by atoms with Gasteiger partial charge in [-0.05, 0) is 42.3 Å². The van der Waals surface area contributed by atoms with E-state index in [-0.39, 0.29) is 11.7 Å². The molecule has 6 nitrogen and oxygen atoms in total. The maximum absolute atomic E-state index is 13.6. The van der Waals surface area contributed by atoms with Gasteiger partial charge < -0.3 is 15.4 Å². The Morgan fingerprint density at radius 1 is 1.00 bits per heavy atom. The van der Waals surface area contributed by atoms with Crippen LogP contribution in [0.25, 0.3) is 0 Å². The summed E-state index contributed by atoms with van der Waals surface area (Å²) >= 11 is 0. The molecule has 0 radical (unpaired) electrons. The van der Waals surface area contributed by atoms with Crippen LogP contribution in [0.4, 0.5) is 16.0 Å². The number of rotatable bonds is 7. The SMILES string of the molecule is COc1ccccc1C(=O)Nc1ccc(NCCc2ccccc2F)nn1. The minimum Gasteiger partial charge on any atom is -0.496 e. The minimum absolute atomic E-state index is 0.222. The molecule has 0 saturated heterocycles. The number of para-hydroxylation sites is 1. The number of carbonyl (C=O) groups is 1. The summed E-state index contributed by atoms with van der Waals surface area (Å²) in [6.45, 7) is 0.516. The molecule has 2 N–H and O–H groups in total. The lowest BCUT2D eigenvalue weighted by Crippen LogP contribution is -2.15. The van der Waals surface area contributed by atoms with Crippen molar-refractivity contribution in [2.45, 2.75) is 6.42 Å². The number of anilines is 2. The van der Waals surface area contributed by atoms with E-state index in [0.717, 1.165) is 0 Å². The highest BCUT2D eigenvalue weighted by Crippen LogP contribution is 2.18. The second kappa shape index (κ2) is 8.75. The summed E-state index contributed by atoms with van der Waals surface area (Å²) in [6.07, 6.45) is 0.528. The van der Waals surface area contributed by atoms with Gasteiger partial charge in [-0.15, -0.1) is 10.2 Å². The van der Waals surface area contributed by atoms with Crippen molar-refractivity contribution in [1.82, 2.24) is 10.2 Å². The van der Waals surface area contributed by atoms with Gasteiger partial charge in [0, 0.05) is 6.54 Å². The normalized spacial score (nSPS) is 10.3. The van der Waals surface area contributed by atoms with Crippen LogP contribution in [0.1, 0.15) is 15.9 Å². The van der Waals surface area contributed by atoms with Crippen LogP contribution in [0.3, 0.4) is 0 Å². The predicted octanol–water partition coefficient (Wildman–Crippen LogP) is 3.53. The molecule has 0 saturated carbocycles. The van der Waals surface area contributed by atoms with Gasteiger partial charge in [0.1, 0.15) is 17.4 Å². The highest BCUT2D eigenvalue weighted by molar-refractivity contribution is 6.05. The van der Waals surface area contributed by atoms with Gasteiger partial charge in [0.05, 0.1) is 12.7 Å². The first-order valence-electron chi connectivity index (χ1n) is 8.43. The molecular formula is C20H19FN4O2. The molecule has 0 fully saturated rings. The number of nitrogens with one attached hydrogen (secondary N) is 2. The molecule has 0 aliphatic carbocycles. The highest BCUT2D eigenvalue weighted by atomic mass is 19.1. The zero-order valence-corrected chi connectivity index (χ0v) is 14.8. The Morgan fingerprint density at radius 2 is 1.70 bits per heavy atom. The topological polar surface area (TPSA) is 76.1 Å². The third-order valence-electron chi connectivity index (χ3n) is 3.92. The molecular weight excluding hydrogens is 347 g/mol. The molecule has 0 spiro atoms. The van der Waals surface area contributed by atoms with E-state index >= 15 is 0 Å². The third kappa shape index (κ3) is 4.78. The van der Waals surface area contributed by atoms with E-state index in [9.17, 15) is 9.18 Å². The fraction of sp³-hybridized carbons (Fsp3) is 0.150. The zero-order valence-electron chi connectivity index (χ0n) is 14.8. The van der Waals surface area contributed by atoms with Crippen molar-refractivity contribution < 1.29 is 13.9 Å². The number of ether oxygens (including phenoxy) is 1. The lowest BCUT2D eigenvalue weighted by Gasteiger charge is -2.09. The first-order chi connectivity index (χ1) is 13.2. The van der Waals surface area contributed by atoms with Gasteiger partial charge in [0.15, 0.2) is 5.82 Å². The van der Waals surface area contributed by atoms with E-state index in [2.05, 4.69) is 20.8 Å². The highest BCUT2D eigenvalue weighted by Gasteiger charge is 2.12. The standard InChI is InChI=1S/C20H19FN4O2/c1-27-17-9-5-3-7-15(17)20(26)23-19-11-10-18(24-25-19)22-13-12-14-6-2-4-8-16(14)21/h2-11H,12-13H2,1H3,(H,22,24)(H,23,25,26). The number of nitrogens with zero attached hydrogens (tertiary/aromatic N) is 2. The monoisotopic (exact) mass is 366 g/mol. The van der Waals surface area contributed by atoms with Gasteiger partial charge in [-0.25, -0.2) is 4.39 Å². The Balaban J connectivity index is 1.55. The van der Waals surface area contributed by atoms with E-state index < -0.39 is 0 Å². The Hall–Kier alpha value is -3.48. The predicted molar refractivity (Wildman–Crippen MR) is 102 cm³/mol. The van der Waals surface area contributed by atoms with Crippen LogP contribution >= 0.6 is 0 Å². The number of amides is 1. The van der Waals surface area contributed by atoms with Crippen LogP contribution in [0.5, 0.6) is 5.75 Å². The Bertz CT molecular complexity index is 916. The van der Waals surface area contributed by atoms with Crippen molar-refractivity contribution in [3.8, 4) is 5.75 Å². The van der Waals surface area contributed by atoms with Crippen LogP contribution < -0.4 is 15.4 Å². The Labute approximate surface area is 156 Å². The van der Waals surface area contributed by atoms with E-state index in [1.54, 1.807) is 54.6 Å². The van der Waals surface area contributed by atoms with E-state index in [0.29, 0.717) is 41.5 Å². The van der Waals surface area contributed by atoms with Crippen molar-refractivity contribution in [2.24, 2.45) is 0 Å². The van der Waals surface area contributed by atoms with Crippen molar-refractivity contribution in [3.63, 3.8) is 0 Å². The molecule has 0 aliphatic rings. The fourth-order valence-corrected chi connectivity index (χ4v) is 2.54. The van der Waals surface area contributed by atoms with E-state index in [1.165, 1.54) is 13.2 Å². The Morgan fingerprint density at radius 3 is 2.44 bits per heavy atom. The van der Waals surface area contributed by atoms with Gasteiger partial charge >= 0.3 is 0 Å². The number of aromatic nitrogens is 2. The number of hydrogen-bond acceptors (Lipinski definition) is 5. The number of halogens is 1. The quantitative estimate of drug-likeness (QED) is 0.669. The van der Waals surface area contributed by atoms with Crippen molar-refractivity contribution in [3.05, 3.63) is 77.6 Å².